The summed E-state index contributed by atoms with van der Waals surface area (Å²) in [5.74, 6) is 1.42. The van der Waals surface area contributed by atoms with Gasteiger partial charge in [-0.1, -0.05) is 11.6 Å². The number of anilines is 2. The normalized spacial score (nSPS) is 23.4. The van der Waals surface area contributed by atoms with Crippen LogP contribution in [0.15, 0.2) is 6.07 Å². The van der Waals surface area contributed by atoms with Gasteiger partial charge >= 0.3 is 0 Å². The number of aliphatic hydroxyl groups is 1. The molecule has 0 bridgehead atoms. The summed E-state index contributed by atoms with van der Waals surface area (Å²) in [7, 11) is 0. The van der Waals surface area contributed by atoms with Crippen LogP contribution in [-0.2, 0) is 0 Å². The largest absolute Gasteiger partial charge is 0.394 e. The lowest BCUT2D eigenvalue weighted by atomic mass is 10.2. The highest BCUT2D eigenvalue weighted by molar-refractivity contribution is 6.29. The van der Waals surface area contributed by atoms with Crippen LogP contribution in [0, 0.1) is 0 Å². The highest BCUT2D eigenvalue weighted by Gasteiger charge is 2.27. The quantitative estimate of drug-likeness (QED) is 0.814. The molecule has 2 fully saturated rings. The van der Waals surface area contributed by atoms with Gasteiger partial charge in [0.2, 0.25) is 5.95 Å². The van der Waals surface area contributed by atoms with Crippen molar-refractivity contribution in [3.8, 4) is 0 Å². The second kappa shape index (κ2) is 4.90. The van der Waals surface area contributed by atoms with Gasteiger partial charge < -0.3 is 15.3 Å². The van der Waals surface area contributed by atoms with Crippen molar-refractivity contribution in [1.82, 2.24) is 9.97 Å². The number of aromatic nitrogens is 2. The minimum atomic E-state index is 0.157. The summed E-state index contributed by atoms with van der Waals surface area (Å²) in [5, 5.41) is 13.1. The van der Waals surface area contributed by atoms with Gasteiger partial charge in [0, 0.05) is 18.7 Å². The van der Waals surface area contributed by atoms with Crippen LogP contribution < -0.4 is 10.2 Å². The van der Waals surface area contributed by atoms with Crippen molar-refractivity contribution in [2.45, 2.75) is 37.8 Å². The van der Waals surface area contributed by atoms with Crippen LogP contribution >= 0.6 is 11.6 Å². The lowest BCUT2D eigenvalue weighted by molar-refractivity contribution is 0.266. The molecule has 1 aliphatic heterocycles. The number of nitrogens with zero attached hydrogens (tertiary/aromatic N) is 3. The number of nitrogens with one attached hydrogen (secondary N) is 1. The molecule has 98 valence electrons. The van der Waals surface area contributed by atoms with Crippen molar-refractivity contribution in [3.05, 3.63) is 11.2 Å². The van der Waals surface area contributed by atoms with Crippen molar-refractivity contribution in [3.63, 3.8) is 0 Å². The van der Waals surface area contributed by atoms with Gasteiger partial charge in [-0.2, -0.15) is 4.98 Å². The minimum Gasteiger partial charge on any atom is -0.394 e. The topological polar surface area (TPSA) is 61.3 Å². The first-order chi connectivity index (χ1) is 8.76. The molecule has 2 heterocycles. The maximum absolute atomic E-state index is 9.36. The monoisotopic (exact) mass is 268 g/mol. The van der Waals surface area contributed by atoms with Crippen molar-refractivity contribution < 1.29 is 5.11 Å². The number of rotatable bonds is 4. The van der Waals surface area contributed by atoms with Crippen LogP contribution in [0.2, 0.25) is 5.15 Å². The molecule has 0 spiro atoms. The van der Waals surface area contributed by atoms with Gasteiger partial charge in [0.05, 0.1) is 12.6 Å². The van der Waals surface area contributed by atoms with E-state index in [0.717, 1.165) is 25.2 Å². The van der Waals surface area contributed by atoms with Crippen molar-refractivity contribution in [2.75, 3.05) is 23.4 Å². The van der Waals surface area contributed by atoms with Gasteiger partial charge in [-0.3, -0.25) is 0 Å². The minimum absolute atomic E-state index is 0.157. The summed E-state index contributed by atoms with van der Waals surface area (Å²) < 4.78 is 0. The fraction of sp³-hybridized carbons (Fsp3) is 0.667. The van der Waals surface area contributed by atoms with Gasteiger partial charge in [0.1, 0.15) is 11.0 Å². The number of halogens is 1. The smallest absolute Gasteiger partial charge is 0.226 e. The van der Waals surface area contributed by atoms with E-state index in [-0.39, 0.29) is 12.6 Å². The molecular formula is C12H17ClN4O. The van der Waals surface area contributed by atoms with Crippen LogP contribution in [0.3, 0.4) is 0 Å². The van der Waals surface area contributed by atoms with Crippen molar-refractivity contribution >= 4 is 23.4 Å². The summed E-state index contributed by atoms with van der Waals surface area (Å²) >= 11 is 6.04. The van der Waals surface area contributed by atoms with E-state index in [2.05, 4.69) is 20.2 Å². The molecule has 1 saturated carbocycles. The second-order valence-corrected chi connectivity index (χ2v) is 5.35. The van der Waals surface area contributed by atoms with Gasteiger partial charge in [0.25, 0.3) is 0 Å². The zero-order chi connectivity index (χ0) is 12.5. The lowest BCUT2D eigenvalue weighted by Gasteiger charge is -2.24. The maximum atomic E-state index is 9.36. The Morgan fingerprint density at radius 2 is 2.22 bits per heavy atom. The fourth-order valence-corrected chi connectivity index (χ4v) is 2.53. The molecular weight excluding hydrogens is 252 g/mol. The van der Waals surface area contributed by atoms with Gasteiger partial charge in [-0.25, -0.2) is 4.98 Å². The first kappa shape index (κ1) is 12.0. The fourth-order valence-electron chi connectivity index (χ4n) is 2.35. The zero-order valence-corrected chi connectivity index (χ0v) is 10.9. The molecule has 1 aromatic heterocycles. The Balaban J connectivity index is 1.83. The molecule has 0 amide bonds. The molecule has 1 aliphatic carbocycles. The first-order valence-corrected chi connectivity index (χ1v) is 6.82. The van der Waals surface area contributed by atoms with Gasteiger partial charge in [0.15, 0.2) is 0 Å². The van der Waals surface area contributed by atoms with E-state index in [1.54, 1.807) is 6.07 Å². The predicted molar refractivity (Wildman–Crippen MR) is 71.1 cm³/mol. The van der Waals surface area contributed by atoms with Crippen molar-refractivity contribution in [2.24, 2.45) is 0 Å². The molecule has 0 aromatic carbocycles. The molecule has 1 aromatic rings. The third-order valence-electron chi connectivity index (χ3n) is 3.47. The Morgan fingerprint density at radius 3 is 2.94 bits per heavy atom. The third-order valence-corrected chi connectivity index (χ3v) is 3.67. The predicted octanol–water partition coefficient (Wildman–Crippen LogP) is 1.67. The van der Waals surface area contributed by atoms with E-state index in [1.165, 1.54) is 12.8 Å². The van der Waals surface area contributed by atoms with E-state index < -0.39 is 0 Å². The molecule has 6 heteroatoms. The SMILES string of the molecule is OC[C@H]1CCCN1c1cc(Cl)nc(NC2CC2)n1. The highest BCUT2D eigenvalue weighted by atomic mass is 35.5. The maximum Gasteiger partial charge on any atom is 0.226 e. The van der Waals surface area contributed by atoms with Crippen LogP contribution in [-0.4, -0.2) is 40.3 Å². The Hall–Kier alpha value is -1.07. The van der Waals surface area contributed by atoms with Gasteiger partial charge in [-0.05, 0) is 25.7 Å². The number of hydrogen-bond acceptors (Lipinski definition) is 5. The second-order valence-electron chi connectivity index (χ2n) is 4.96. The third kappa shape index (κ3) is 2.52. The summed E-state index contributed by atoms with van der Waals surface area (Å²) in [6.07, 6.45) is 4.43. The van der Waals surface area contributed by atoms with E-state index in [9.17, 15) is 5.11 Å². The van der Waals surface area contributed by atoms with E-state index in [0.29, 0.717) is 17.1 Å². The average molecular weight is 269 g/mol. The summed E-state index contributed by atoms with van der Waals surface area (Å²) in [5.41, 5.74) is 0. The van der Waals surface area contributed by atoms with E-state index in [1.807, 2.05) is 0 Å². The van der Waals surface area contributed by atoms with Crippen LogP contribution in [0.4, 0.5) is 11.8 Å². The average Bonchev–Trinajstić information content (AvgIpc) is 3.03. The molecule has 3 rings (SSSR count). The Kier molecular flexibility index (Phi) is 3.26. The van der Waals surface area contributed by atoms with E-state index in [4.69, 9.17) is 11.6 Å². The Bertz CT molecular complexity index is 438. The molecule has 1 saturated heterocycles. The number of hydrogen-bond donors (Lipinski definition) is 2. The molecule has 0 unspecified atom stereocenters. The number of aliphatic hydroxyl groups excluding tert-OH is 1. The molecule has 5 nitrogen and oxygen atoms in total. The summed E-state index contributed by atoms with van der Waals surface area (Å²) in [4.78, 5) is 10.8. The van der Waals surface area contributed by atoms with Crippen LogP contribution in [0.5, 0.6) is 0 Å². The summed E-state index contributed by atoms with van der Waals surface area (Å²) in [6.45, 7) is 1.08. The van der Waals surface area contributed by atoms with Crippen LogP contribution in [0.25, 0.3) is 0 Å². The standard InChI is InChI=1S/C12H17ClN4O/c13-10-6-11(17-5-1-2-9(17)7-18)16-12(15-10)14-8-3-4-8/h6,8-9,18H,1-5,7H2,(H,14,15,16)/t9-/m1/s1. The zero-order valence-electron chi connectivity index (χ0n) is 10.1. The van der Waals surface area contributed by atoms with Crippen LogP contribution in [0.1, 0.15) is 25.7 Å². The Labute approximate surface area is 111 Å². The van der Waals surface area contributed by atoms with E-state index >= 15 is 0 Å². The highest BCUT2D eigenvalue weighted by Crippen LogP contribution is 2.28. The summed E-state index contributed by atoms with van der Waals surface area (Å²) in [6, 6.07) is 2.43. The Morgan fingerprint density at radius 1 is 1.39 bits per heavy atom. The first-order valence-electron chi connectivity index (χ1n) is 6.45. The molecule has 18 heavy (non-hydrogen) atoms. The molecule has 0 radical (unpaired) electrons. The lowest BCUT2D eigenvalue weighted by Crippen LogP contribution is -2.33. The molecule has 1 atom stereocenters. The van der Waals surface area contributed by atoms with Crippen molar-refractivity contribution in [1.29, 1.82) is 0 Å². The van der Waals surface area contributed by atoms with Gasteiger partial charge in [-0.15, -0.1) is 0 Å². The molecule has 2 aliphatic rings. The molecule has 2 N–H and O–H groups in total.